The molecule has 0 aromatic heterocycles. The maximum atomic E-state index is 12.3. The molecule has 1 N–H and O–H groups in total. The average molecular weight is 284 g/mol. The molecule has 2 aliphatic heterocycles. The first-order valence-corrected chi connectivity index (χ1v) is 7.64. The highest BCUT2D eigenvalue weighted by molar-refractivity contribution is 5.69. The SMILES string of the molecule is COCCNC1CC2CCC(C1)N2C(=O)OC(C)(C)C. The van der Waals surface area contributed by atoms with Crippen LogP contribution in [0.3, 0.4) is 0 Å². The molecule has 5 heteroatoms. The van der Waals surface area contributed by atoms with Crippen LogP contribution in [-0.2, 0) is 9.47 Å². The van der Waals surface area contributed by atoms with Gasteiger partial charge in [-0.05, 0) is 46.5 Å². The molecule has 2 rings (SSSR count). The van der Waals surface area contributed by atoms with E-state index in [2.05, 4.69) is 5.32 Å². The molecule has 1 amide bonds. The van der Waals surface area contributed by atoms with Crippen LogP contribution >= 0.6 is 0 Å². The number of fused-ring (bicyclic) bond motifs is 2. The van der Waals surface area contributed by atoms with Crippen LogP contribution in [0.5, 0.6) is 0 Å². The van der Waals surface area contributed by atoms with Crippen molar-refractivity contribution in [2.75, 3.05) is 20.3 Å². The van der Waals surface area contributed by atoms with Crippen molar-refractivity contribution >= 4 is 6.09 Å². The molecule has 116 valence electrons. The maximum absolute atomic E-state index is 12.3. The highest BCUT2D eigenvalue weighted by Gasteiger charge is 2.44. The van der Waals surface area contributed by atoms with Gasteiger partial charge < -0.3 is 19.7 Å². The van der Waals surface area contributed by atoms with Crippen molar-refractivity contribution in [2.45, 2.75) is 70.2 Å². The Bertz CT molecular complexity index is 327. The summed E-state index contributed by atoms with van der Waals surface area (Å²) in [5.74, 6) is 0. The van der Waals surface area contributed by atoms with E-state index in [-0.39, 0.29) is 6.09 Å². The van der Waals surface area contributed by atoms with Crippen LogP contribution in [0, 0.1) is 0 Å². The summed E-state index contributed by atoms with van der Waals surface area (Å²) < 4.78 is 10.6. The Balaban J connectivity index is 1.88. The van der Waals surface area contributed by atoms with Gasteiger partial charge in [-0.2, -0.15) is 0 Å². The molecule has 2 atom stereocenters. The Morgan fingerprint density at radius 2 is 1.85 bits per heavy atom. The molecule has 2 aliphatic rings. The average Bonchev–Trinajstić information content (AvgIpc) is 2.60. The van der Waals surface area contributed by atoms with E-state index in [1.165, 1.54) is 0 Å². The molecule has 5 nitrogen and oxygen atoms in total. The molecule has 2 unspecified atom stereocenters. The highest BCUT2D eigenvalue weighted by Crippen LogP contribution is 2.36. The third-order valence-corrected chi connectivity index (χ3v) is 4.08. The number of methoxy groups -OCH3 is 1. The van der Waals surface area contributed by atoms with Gasteiger partial charge >= 0.3 is 6.09 Å². The fourth-order valence-electron chi connectivity index (χ4n) is 3.32. The van der Waals surface area contributed by atoms with E-state index in [0.29, 0.717) is 18.1 Å². The third kappa shape index (κ3) is 3.85. The van der Waals surface area contributed by atoms with Crippen LogP contribution in [0.2, 0.25) is 0 Å². The van der Waals surface area contributed by atoms with Gasteiger partial charge in [0, 0.05) is 31.8 Å². The second-order valence-corrected chi connectivity index (χ2v) is 6.89. The predicted octanol–water partition coefficient (Wildman–Crippen LogP) is 2.15. The quantitative estimate of drug-likeness (QED) is 0.804. The molecule has 20 heavy (non-hydrogen) atoms. The maximum Gasteiger partial charge on any atom is 0.410 e. The number of hydrogen-bond donors (Lipinski definition) is 1. The molecular formula is C15H28N2O3. The minimum atomic E-state index is -0.413. The van der Waals surface area contributed by atoms with Gasteiger partial charge in [-0.25, -0.2) is 4.79 Å². The second kappa shape index (κ2) is 6.31. The van der Waals surface area contributed by atoms with Gasteiger partial charge in [0.1, 0.15) is 5.60 Å². The molecule has 2 fully saturated rings. The zero-order chi connectivity index (χ0) is 14.8. The van der Waals surface area contributed by atoms with Crippen molar-refractivity contribution in [1.29, 1.82) is 0 Å². The number of ether oxygens (including phenoxy) is 2. The largest absolute Gasteiger partial charge is 0.444 e. The number of carbonyl (C=O) groups is 1. The Morgan fingerprint density at radius 1 is 1.25 bits per heavy atom. The summed E-state index contributed by atoms with van der Waals surface area (Å²) in [6.07, 6.45) is 4.12. The fraction of sp³-hybridized carbons (Fsp3) is 0.933. The molecule has 2 saturated heterocycles. The smallest absolute Gasteiger partial charge is 0.410 e. The number of carbonyl (C=O) groups excluding carboxylic acids is 1. The van der Waals surface area contributed by atoms with Gasteiger partial charge in [-0.1, -0.05) is 0 Å². The van der Waals surface area contributed by atoms with Crippen molar-refractivity contribution in [3.8, 4) is 0 Å². The third-order valence-electron chi connectivity index (χ3n) is 4.08. The van der Waals surface area contributed by atoms with E-state index in [0.717, 1.165) is 38.8 Å². The predicted molar refractivity (Wildman–Crippen MR) is 77.8 cm³/mol. The van der Waals surface area contributed by atoms with Crippen LogP contribution in [-0.4, -0.2) is 55.0 Å². The first kappa shape index (κ1) is 15.6. The van der Waals surface area contributed by atoms with Gasteiger partial charge in [-0.3, -0.25) is 0 Å². The molecule has 0 spiro atoms. The Hall–Kier alpha value is -0.810. The van der Waals surface area contributed by atoms with Crippen LogP contribution < -0.4 is 5.32 Å². The number of piperidine rings is 1. The summed E-state index contributed by atoms with van der Waals surface area (Å²) in [5, 5.41) is 3.53. The van der Waals surface area contributed by atoms with Crippen LogP contribution in [0.4, 0.5) is 4.79 Å². The standard InChI is InChI=1S/C15H28N2O3/c1-15(2,3)20-14(18)17-12-5-6-13(17)10-11(9-12)16-7-8-19-4/h11-13,16H,5-10H2,1-4H3. The molecule has 0 aromatic carbocycles. The molecule has 0 aromatic rings. The zero-order valence-corrected chi connectivity index (χ0v) is 13.1. The lowest BCUT2D eigenvalue weighted by Crippen LogP contribution is -2.52. The lowest BCUT2D eigenvalue weighted by molar-refractivity contribution is 0.00451. The van der Waals surface area contributed by atoms with Crippen molar-refractivity contribution in [1.82, 2.24) is 10.2 Å². The van der Waals surface area contributed by atoms with Gasteiger partial charge in [0.2, 0.25) is 0 Å². The van der Waals surface area contributed by atoms with Crippen LogP contribution in [0.15, 0.2) is 0 Å². The second-order valence-electron chi connectivity index (χ2n) is 6.89. The number of rotatable bonds is 4. The van der Waals surface area contributed by atoms with E-state index in [1.807, 2.05) is 25.7 Å². The lowest BCUT2D eigenvalue weighted by atomic mass is 9.98. The van der Waals surface area contributed by atoms with E-state index >= 15 is 0 Å². The summed E-state index contributed by atoms with van der Waals surface area (Å²) in [4.78, 5) is 14.3. The topological polar surface area (TPSA) is 50.8 Å². The molecule has 2 heterocycles. The zero-order valence-electron chi connectivity index (χ0n) is 13.1. The lowest BCUT2D eigenvalue weighted by Gasteiger charge is -2.39. The molecule has 0 radical (unpaired) electrons. The van der Waals surface area contributed by atoms with Gasteiger partial charge in [0.15, 0.2) is 0 Å². The van der Waals surface area contributed by atoms with Crippen LogP contribution in [0.1, 0.15) is 46.5 Å². The Morgan fingerprint density at radius 3 is 2.35 bits per heavy atom. The minimum absolute atomic E-state index is 0.139. The van der Waals surface area contributed by atoms with E-state index in [9.17, 15) is 4.79 Å². The summed E-state index contributed by atoms with van der Waals surface area (Å²) >= 11 is 0. The molecular weight excluding hydrogens is 256 g/mol. The van der Waals surface area contributed by atoms with Crippen molar-refractivity contribution in [3.63, 3.8) is 0 Å². The number of amides is 1. The summed E-state index contributed by atoms with van der Waals surface area (Å²) in [6, 6.07) is 1.17. The normalized spacial score (nSPS) is 29.6. The molecule has 0 aliphatic carbocycles. The summed E-state index contributed by atoms with van der Waals surface area (Å²) in [6.45, 7) is 7.39. The minimum Gasteiger partial charge on any atom is -0.444 e. The highest BCUT2D eigenvalue weighted by atomic mass is 16.6. The first-order valence-electron chi connectivity index (χ1n) is 7.64. The summed E-state index contributed by atoms with van der Waals surface area (Å²) in [7, 11) is 1.72. The number of nitrogens with zero attached hydrogens (tertiary/aromatic N) is 1. The van der Waals surface area contributed by atoms with E-state index in [4.69, 9.17) is 9.47 Å². The number of hydrogen-bond acceptors (Lipinski definition) is 4. The fourth-order valence-corrected chi connectivity index (χ4v) is 3.32. The van der Waals surface area contributed by atoms with Gasteiger partial charge in [0.05, 0.1) is 6.61 Å². The van der Waals surface area contributed by atoms with Crippen molar-refractivity contribution < 1.29 is 14.3 Å². The van der Waals surface area contributed by atoms with Crippen molar-refractivity contribution in [2.24, 2.45) is 0 Å². The van der Waals surface area contributed by atoms with Crippen molar-refractivity contribution in [3.05, 3.63) is 0 Å². The molecule has 2 bridgehead atoms. The Kier molecular flexibility index (Phi) is 4.91. The van der Waals surface area contributed by atoms with Gasteiger partial charge in [0.25, 0.3) is 0 Å². The Labute approximate surface area is 122 Å². The molecule has 0 saturated carbocycles. The summed E-state index contributed by atoms with van der Waals surface area (Å²) in [5.41, 5.74) is -0.413. The van der Waals surface area contributed by atoms with E-state index < -0.39 is 5.60 Å². The monoisotopic (exact) mass is 284 g/mol. The first-order chi connectivity index (χ1) is 9.40. The van der Waals surface area contributed by atoms with Crippen LogP contribution in [0.25, 0.3) is 0 Å². The van der Waals surface area contributed by atoms with E-state index in [1.54, 1.807) is 7.11 Å². The number of nitrogens with one attached hydrogen (secondary N) is 1. The van der Waals surface area contributed by atoms with Gasteiger partial charge in [-0.15, -0.1) is 0 Å².